The van der Waals surface area contributed by atoms with E-state index in [-0.39, 0.29) is 11.0 Å². The van der Waals surface area contributed by atoms with Crippen molar-refractivity contribution in [1.29, 1.82) is 0 Å². The van der Waals surface area contributed by atoms with E-state index < -0.39 is 0 Å². The number of ether oxygens (including phenoxy) is 3. The minimum Gasteiger partial charge on any atom is -0.508 e. The Hall–Kier alpha value is -2.91. The first-order valence-corrected chi connectivity index (χ1v) is 11.8. The molecule has 0 fully saturated rings. The molecule has 0 aliphatic rings. The van der Waals surface area contributed by atoms with Crippen LogP contribution < -0.4 is 14.2 Å². The minimum absolute atomic E-state index is 0.197. The first kappa shape index (κ1) is 24.7. The van der Waals surface area contributed by atoms with E-state index in [4.69, 9.17) is 18.6 Å². The molecule has 1 heterocycles. The molecule has 9 heteroatoms. The first-order valence-electron chi connectivity index (χ1n) is 10.7. The highest BCUT2D eigenvalue weighted by Crippen LogP contribution is 2.43. The molecule has 0 spiro atoms. The number of methoxy groups -OCH3 is 2. The summed E-state index contributed by atoms with van der Waals surface area (Å²) in [4.78, 5) is 2.10. The number of thioether (sulfide) groups is 1. The third kappa shape index (κ3) is 6.11. The van der Waals surface area contributed by atoms with Crippen LogP contribution in [0.2, 0.25) is 0 Å². The SMILES string of the molecule is CCSC(c1nnc(-c2cc(OC)c(OCCCN(C)C)c(OC)c2)o1)c1ccccc1O. The molecule has 1 aromatic heterocycles. The highest BCUT2D eigenvalue weighted by Gasteiger charge is 2.25. The summed E-state index contributed by atoms with van der Waals surface area (Å²) in [6, 6.07) is 10.8. The molecule has 1 N–H and O–H groups in total. The van der Waals surface area contributed by atoms with Gasteiger partial charge >= 0.3 is 0 Å². The Morgan fingerprint density at radius 1 is 1.09 bits per heavy atom. The molecule has 0 radical (unpaired) electrons. The summed E-state index contributed by atoms with van der Waals surface area (Å²) in [5.74, 6) is 3.35. The fraction of sp³-hybridized carbons (Fsp3) is 0.417. The summed E-state index contributed by atoms with van der Waals surface area (Å²) in [7, 11) is 7.21. The monoisotopic (exact) mass is 473 g/mol. The molecule has 33 heavy (non-hydrogen) atoms. The van der Waals surface area contributed by atoms with Crippen LogP contribution in [-0.2, 0) is 0 Å². The first-order chi connectivity index (χ1) is 16.0. The number of phenols is 1. The van der Waals surface area contributed by atoms with Crippen LogP contribution in [0.4, 0.5) is 0 Å². The zero-order valence-electron chi connectivity index (χ0n) is 19.7. The predicted octanol–water partition coefficient (Wildman–Crippen LogP) is 4.63. The van der Waals surface area contributed by atoms with Crippen LogP contribution in [0, 0.1) is 0 Å². The quantitative estimate of drug-likeness (QED) is 0.378. The number of aromatic nitrogens is 2. The maximum atomic E-state index is 10.3. The highest BCUT2D eigenvalue weighted by molar-refractivity contribution is 7.99. The summed E-state index contributed by atoms with van der Waals surface area (Å²) in [5, 5.41) is 18.6. The molecule has 0 aliphatic carbocycles. The van der Waals surface area contributed by atoms with Gasteiger partial charge < -0.3 is 28.6 Å². The number of aromatic hydroxyl groups is 1. The summed E-state index contributed by atoms with van der Waals surface area (Å²) >= 11 is 1.61. The van der Waals surface area contributed by atoms with E-state index in [1.807, 2.05) is 33.2 Å². The van der Waals surface area contributed by atoms with Gasteiger partial charge in [0.05, 0.1) is 20.8 Å². The number of para-hydroxylation sites is 1. The Balaban J connectivity index is 1.90. The van der Waals surface area contributed by atoms with E-state index in [9.17, 15) is 5.11 Å². The lowest BCUT2D eigenvalue weighted by molar-refractivity contribution is 0.255. The minimum atomic E-state index is -0.277. The van der Waals surface area contributed by atoms with Crippen LogP contribution in [-0.4, -0.2) is 67.4 Å². The van der Waals surface area contributed by atoms with Crippen molar-refractivity contribution in [1.82, 2.24) is 15.1 Å². The van der Waals surface area contributed by atoms with Crippen molar-refractivity contribution in [2.75, 3.05) is 47.2 Å². The summed E-state index contributed by atoms with van der Waals surface area (Å²) in [6.07, 6.45) is 0.872. The van der Waals surface area contributed by atoms with Gasteiger partial charge in [-0.2, -0.15) is 0 Å². The highest BCUT2D eigenvalue weighted by atomic mass is 32.2. The van der Waals surface area contributed by atoms with Gasteiger partial charge in [0.25, 0.3) is 0 Å². The van der Waals surface area contributed by atoms with Gasteiger partial charge in [0.1, 0.15) is 11.0 Å². The third-order valence-corrected chi connectivity index (χ3v) is 6.04. The number of benzene rings is 2. The van der Waals surface area contributed by atoms with Crippen molar-refractivity contribution >= 4 is 11.8 Å². The van der Waals surface area contributed by atoms with Crippen molar-refractivity contribution < 1.29 is 23.7 Å². The van der Waals surface area contributed by atoms with E-state index in [1.54, 1.807) is 50.2 Å². The van der Waals surface area contributed by atoms with Crippen LogP contribution in [0.3, 0.4) is 0 Å². The van der Waals surface area contributed by atoms with Gasteiger partial charge in [0.2, 0.25) is 17.5 Å². The molecule has 0 aliphatic heterocycles. The fourth-order valence-electron chi connectivity index (χ4n) is 3.33. The van der Waals surface area contributed by atoms with Gasteiger partial charge in [-0.1, -0.05) is 25.1 Å². The number of hydrogen-bond donors (Lipinski definition) is 1. The second-order valence-electron chi connectivity index (χ2n) is 7.55. The maximum Gasteiger partial charge on any atom is 0.248 e. The Bertz CT molecular complexity index is 1020. The predicted molar refractivity (Wildman–Crippen MR) is 130 cm³/mol. The second-order valence-corrected chi connectivity index (χ2v) is 8.94. The molecule has 3 rings (SSSR count). The van der Waals surface area contributed by atoms with Gasteiger partial charge in [0, 0.05) is 17.7 Å². The van der Waals surface area contributed by atoms with Crippen LogP contribution >= 0.6 is 11.8 Å². The number of nitrogens with zero attached hydrogens (tertiary/aromatic N) is 3. The smallest absolute Gasteiger partial charge is 0.248 e. The van der Waals surface area contributed by atoms with Gasteiger partial charge in [-0.3, -0.25) is 0 Å². The zero-order chi connectivity index (χ0) is 23.8. The number of rotatable bonds is 12. The third-order valence-electron chi connectivity index (χ3n) is 4.92. The molecule has 0 saturated carbocycles. The van der Waals surface area contributed by atoms with E-state index in [2.05, 4.69) is 15.1 Å². The lowest BCUT2D eigenvalue weighted by Gasteiger charge is -2.16. The maximum absolute atomic E-state index is 10.3. The normalized spacial score (nSPS) is 12.1. The van der Waals surface area contributed by atoms with E-state index in [1.165, 1.54) is 0 Å². The van der Waals surface area contributed by atoms with Crippen molar-refractivity contribution in [3.8, 4) is 34.5 Å². The fourth-order valence-corrected chi connectivity index (χ4v) is 4.28. The number of hydrogen-bond acceptors (Lipinski definition) is 9. The molecular formula is C24H31N3O5S. The van der Waals surface area contributed by atoms with Gasteiger partial charge in [-0.25, -0.2) is 0 Å². The average Bonchev–Trinajstić information content (AvgIpc) is 3.30. The van der Waals surface area contributed by atoms with Crippen molar-refractivity contribution in [2.24, 2.45) is 0 Å². The molecule has 0 amide bonds. The molecule has 178 valence electrons. The molecule has 3 aromatic rings. The molecule has 1 unspecified atom stereocenters. The second kappa shape index (κ2) is 11.8. The lowest BCUT2D eigenvalue weighted by atomic mass is 10.1. The summed E-state index contributed by atoms with van der Waals surface area (Å²) in [6.45, 7) is 3.49. The van der Waals surface area contributed by atoms with Crippen molar-refractivity contribution in [2.45, 2.75) is 18.6 Å². The van der Waals surface area contributed by atoms with Crippen molar-refractivity contribution in [3.63, 3.8) is 0 Å². The van der Waals surface area contributed by atoms with Gasteiger partial charge in [-0.15, -0.1) is 22.0 Å². The lowest BCUT2D eigenvalue weighted by Crippen LogP contribution is -2.15. The Morgan fingerprint density at radius 2 is 1.79 bits per heavy atom. The summed E-state index contributed by atoms with van der Waals surface area (Å²) < 4.78 is 23.1. The molecule has 1 atom stereocenters. The zero-order valence-corrected chi connectivity index (χ0v) is 20.5. The van der Waals surface area contributed by atoms with Crippen LogP contribution in [0.5, 0.6) is 23.0 Å². The van der Waals surface area contributed by atoms with Gasteiger partial charge in [0.15, 0.2) is 11.5 Å². The number of phenolic OH excluding ortho intramolecular Hbond substituents is 1. The molecule has 8 nitrogen and oxygen atoms in total. The molecular weight excluding hydrogens is 442 g/mol. The van der Waals surface area contributed by atoms with Crippen LogP contribution in [0.1, 0.15) is 30.0 Å². The molecule has 2 aromatic carbocycles. The van der Waals surface area contributed by atoms with E-state index in [0.717, 1.165) is 24.3 Å². The van der Waals surface area contributed by atoms with Gasteiger partial charge in [-0.05, 0) is 44.5 Å². The average molecular weight is 474 g/mol. The standard InChI is InChI=1S/C24H31N3O5S/c1-6-33-22(17-10-7-8-11-18(17)28)24-26-25-23(32-24)16-14-19(29-4)21(20(15-16)30-5)31-13-9-12-27(2)3/h7-8,10-11,14-15,22,28H,6,9,12-13H2,1-5H3. The largest absolute Gasteiger partial charge is 0.508 e. The van der Waals surface area contributed by atoms with Crippen LogP contribution in [0.25, 0.3) is 11.5 Å². The Kier molecular flexibility index (Phi) is 8.85. The van der Waals surface area contributed by atoms with E-state index in [0.29, 0.717) is 41.2 Å². The topological polar surface area (TPSA) is 90.1 Å². The van der Waals surface area contributed by atoms with E-state index >= 15 is 0 Å². The Labute approximate surface area is 198 Å². The molecule has 0 bridgehead atoms. The molecule has 0 saturated heterocycles. The van der Waals surface area contributed by atoms with Crippen molar-refractivity contribution in [3.05, 3.63) is 47.9 Å². The summed E-state index contributed by atoms with van der Waals surface area (Å²) in [5.41, 5.74) is 1.39. The van der Waals surface area contributed by atoms with Crippen LogP contribution in [0.15, 0.2) is 40.8 Å². The Morgan fingerprint density at radius 3 is 2.39 bits per heavy atom.